The van der Waals surface area contributed by atoms with Crippen molar-refractivity contribution in [1.82, 2.24) is 19.9 Å². The zero-order valence-corrected chi connectivity index (χ0v) is 11.9. The average molecular weight is 280 g/mol. The van der Waals surface area contributed by atoms with Crippen molar-refractivity contribution < 1.29 is 4.79 Å². The molecule has 1 unspecified atom stereocenters. The zero-order chi connectivity index (χ0) is 14.8. The van der Waals surface area contributed by atoms with Crippen LogP contribution in [-0.2, 0) is 0 Å². The second kappa shape index (κ2) is 5.36. The van der Waals surface area contributed by atoms with E-state index in [4.69, 9.17) is 0 Å². The molecule has 0 bridgehead atoms. The molecule has 3 rings (SSSR count). The molecular weight excluding hydrogens is 264 g/mol. The van der Waals surface area contributed by atoms with Crippen molar-refractivity contribution in [3.8, 4) is 0 Å². The van der Waals surface area contributed by atoms with Gasteiger partial charge in [0.1, 0.15) is 5.69 Å². The van der Waals surface area contributed by atoms with Crippen LogP contribution in [-0.4, -0.2) is 20.5 Å². The minimum atomic E-state index is -0.165. The smallest absolute Gasteiger partial charge is 0.270 e. The highest BCUT2D eigenvalue weighted by Crippen LogP contribution is 2.13. The highest BCUT2D eigenvalue weighted by molar-refractivity contribution is 5.93. The summed E-state index contributed by atoms with van der Waals surface area (Å²) in [7, 11) is 0. The van der Waals surface area contributed by atoms with Crippen LogP contribution in [0.2, 0.25) is 0 Å². The minimum Gasteiger partial charge on any atom is -0.344 e. The molecule has 0 aliphatic carbocycles. The number of hydrogen-bond donors (Lipinski definition) is 1. The van der Waals surface area contributed by atoms with Crippen LogP contribution >= 0.6 is 0 Å². The van der Waals surface area contributed by atoms with Crippen LogP contribution in [0.4, 0.5) is 0 Å². The molecule has 0 spiro atoms. The number of aromatic nitrogens is 3. The summed E-state index contributed by atoms with van der Waals surface area (Å²) in [5, 5.41) is 7.29. The summed E-state index contributed by atoms with van der Waals surface area (Å²) >= 11 is 0. The van der Waals surface area contributed by atoms with Crippen molar-refractivity contribution in [2.45, 2.75) is 19.9 Å². The van der Waals surface area contributed by atoms with Gasteiger partial charge in [-0.3, -0.25) is 4.79 Å². The Hall–Kier alpha value is -2.69. The summed E-state index contributed by atoms with van der Waals surface area (Å²) in [6.45, 7) is 3.84. The Labute approximate surface area is 122 Å². The Balaban J connectivity index is 1.87. The Kier molecular flexibility index (Phi) is 3.39. The topological polar surface area (TPSA) is 59.3 Å². The van der Waals surface area contributed by atoms with Gasteiger partial charge in [-0.05, 0) is 25.5 Å². The first kappa shape index (κ1) is 13.3. The molecule has 1 atom stereocenters. The fourth-order valence-electron chi connectivity index (χ4n) is 2.28. The maximum absolute atomic E-state index is 12.5. The van der Waals surface area contributed by atoms with Crippen molar-refractivity contribution in [2.75, 3.05) is 0 Å². The van der Waals surface area contributed by atoms with Gasteiger partial charge in [0.15, 0.2) is 5.65 Å². The Morgan fingerprint density at radius 2 is 2.00 bits per heavy atom. The van der Waals surface area contributed by atoms with Crippen LogP contribution < -0.4 is 5.32 Å². The van der Waals surface area contributed by atoms with Gasteiger partial charge in [-0.2, -0.15) is 5.10 Å². The van der Waals surface area contributed by atoms with Gasteiger partial charge in [-0.25, -0.2) is 9.50 Å². The number of carbonyl (C=O) groups is 1. The lowest BCUT2D eigenvalue weighted by molar-refractivity contribution is 0.0932. The van der Waals surface area contributed by atoms with Gasteiger partial charge in [0, 0.05) is 12.3 Å². The standard InChI is InChI=1S/C16H16N4O/c1-11-10-15-17-9-8-14(20(15)19-11)16(21)18-12(2)13-6-4-3-5-7-13/h3-10,12H,1-2H3,(H,18,21). The Morgan fingerprint density at radius 3 is 2.76 bits per heavy atom. The SMILES string of the molecule is Cc1cc2nccc(C(=O)NC(C)c3ccccc3)n2n1. The summed E-state index contributed by atoms with van der Waals surface area (Å²) in [6, 6.07) is 13.3. The van der Waals surface area contributed by atoms with E-state index in [0.29, 0.717) is 11.3 Å². The number of aryl methyl sites for hydroxylation is 1. The predicted molar refractivity (Wildman–Crippen MR) is 80.0 cm³/mol. The molecule has 2 aromatic heterocycles. The minimum absolute atomic E-state index is 0.0708. The first-order valence-electron chi connectivity index (χ1n) is 6.82. The van der Waals surface area contributed by atoms with Gasteiger partial charge in [0.25, 0.3) is 5.91 Å². The van der Waals surface area contributed by atoms with E-state index >= 15 is 0 Å². The van der Waals surface area contributed by atoms with Crippen molar-refractivity contribution in [2.24, 2.45) is 0 Å². The molecule has 0 fully saturated rings. The van der Waals surface area contributed by atoms with Crippen LogP contribution in [0.1, 0.15) is 34.7 Å². The third-order valence-electron chi connectivity index (χ3n) is 3.36. The molecule has 0 aliphatic heterocycles. The van der Waals surface area contributed by atoms with Crippen LogP contribution in [0.3, 0.4) is 0 Å². The van der Waals surface area contributed by atoms with Gasteiger partial charge in [-0.15, -0.1) is 0 Å². The maximum atomic E-state index is 12.5. The van der Waals surface area contributed by atoms with E-state index in [2.05, 4.69) is 15.4 Å². The van der Waals surface area contributed by atoms with E-state index in [-0.39, 0.29) is 11.9 Å². The molecular formula is C16H16N4O. The molecule has 0 radical (unpaired) electrons. The summed E-state index contributed by atoms with van der Waals surface area (Å²) in [5.41, 5.74) is 3.05. The molecule has 0 saturated carbocycles. The summed E-state index contributed by atoms with van der Waals surface area (Å²) in [5.74, 6) is -0.165. The van der Waals surface area contributed by atoms with E-state index in [1.807, 2.05) is 50.2 Å². The van der Waals surface area contributed by atoms with Crippen LogP contribution in [0, 0.1) is 6.92 Å². The van der Waals surface area contributed by atoms with Gasteiger partial charge in [0.05, 0.1) is 11.7 Å². The van der Waals surface area contributed by atoms with Crippen molar-refractivity contribution >= 4 is 11.6 Å². The second-order valence-electron chi connectivity index (χ2n) is 4.99. The monoisotopic (exact) mass is 280 g/mol. The van der Waals surface area contributed by atoms with Crippen LogP contribution in [0.25, 0.3) is 5.65 Å². The van der Waals surface area contributed by atoms with Gasteiger partial charge in [-0.1, -0.05) is 30.3 Å². The number of rotatable bonds is 3. The lowest BCUT2D eigenvalue weighted by Crippen LogP contribution is -2.28. The predicted octanol–water partition coefficient (Wildman–Crippen LogP) is 2.53. The molecule has 3 aromatic rings. The lowest BCUT2D eigenvalue weighted by atomic mass is 10.1. The summed E-state index contributed by atoms with van der Waals surface area (Å²) < 4.78 is 1.57. The first-order chi connectivity index (χ1) is 10.1. The fourth-order valence-corrected chi connectivity index (χ4v) is 2.28. The molecule has 5 nitrogen and oxygen atoms in total. The fraction of sp³-hybridized carbons (Fsp3) is 0.188. The molecule has 21 heavy (non-hydrogen) atoms. The van der Waals surface area contributed by atoms with Crippen LogP contribution in [0.5, 0.6) is 0 Å². The Morgan fingerprint density at radius 1 is 1.24 bits per heavy atom. The lowest BCUT2D eigenvalue weighted by Gasteiger charge is -2.14. The highest BCUT2D eigenvalue weighted by atomic mass is 16.2. The molecule has 0 saturated heterocycles. The number of nitrogens with one attached hydrogen (secondary N) is 1. The molecule has 1 amide bonds. The molecule has 5 heteroatoms. The number of benzene rings is 1. The normalized spacial score (nSPS) is 12.3. The number of carbonyl (C=O) groups excluding carboxylic acids is 1. The molecule has 1 N–H and O–H groups in total. The van der Waals surface area contributed by atoms with Gasteiger partial charge >= 0.3 is 0 Å². The number of hydrogen-bond acceptors (Lipinski definition) is 3. The maximum Gasteiger partial charge on any atom is 0.270 e. The average Bonchev–Trinajstić information content (AvgIpc) is 2.87. The number of fused-ring (bicyclic) bond motifs is 1. The quantitative estimate of drug-likeness (QED) is 0.802. The number of nitrogens with zero attached hydrogens (tertiary/aromatic N) is 3. The van der Waals surface area contributed by atoms with E-state index in [1.165, 1.54) is 0 Å². The summed E-state index contributed by atoms with van der Waals surface area (Å²) in [4.78, 5) is 16.7. The van der Waals surface area contributed by atoms with Crippen molar-refractivity contribution in [1.29, 1.82) is 0 Å². The van der Waals surface area contributed by atoms with E-state index in [9.17, 15) is 4.79 Å². The van der Waals surface area contributed by atoms with E-state index < -0.39 is 0 Å². The third kappa shape index (κ3) is 2.63. The molecule has 1 aromatic carbocycles. The Bertz CT molecular complexity index is 779. The van der Waals surface area contributed by atoms with Gasteiger partial charge in [0.2, 0.25) is 0 Å². The van der Waals surface area contributed by atoms with E-state index in [1.54, 1.807) is 16.8 Å². The van der Waals surface area contributed by atoms with Crippen LogP contribution in [0.15, 0.2) is 48.7 Å². The molecule has 2 heterocycles. The number of amides is 1. The van der Waals surface area contributed by atoms with Gasteiger partial charge < -0.3 is 5.32 Å². The molecule has 106 valence electrons. The van der Waals surface area contributed by atoms with E-state index in [0.717, 1.165) is 11.3 Å². The zero-order valence-electron chi connectivity index (χ0n) is 11.9. The van der Waals surface area contributed by atoms with Crippen molar-refractivity contribution in [3.63, 3.8) is 0 Å². The summed E-state index contributed by atoms with van der Waals surface area (Å²) in [6.07, 6.45) is 1.62. The first-order valence-corrected chi connectivity index (χ1v) is 6.82. The highest BCUT2D eigenvalue weighted by Gasteiger charge is 2.15. The van der Waals surface area contributed by atoms with Crippen molar-refractivity contribution in [3.05, 3.63) is 65.6 Å². The largest absolute Gasteiger partial charge is 0.344 e. The third-order valence-corrected chi connectivity index (χ3v) is 3.36. The second-order valence-corrected chi connectivity index (χ2v) is 4.99. The molecule has 0 aliphatic rings.